The molecule has 2 heterocycles. The number of aromatic amines is 1. The van der Waals surface area contributed by atoms with E-state index in [-0.39, 0.29) is 12.3 Å². The summed E-state index contributed by atoms with van der Waals surface area (Å²) < 4.78 is 11.8. The number of aryl methyl sites for hydroxylation is 1. The second-order valence-electron chi connectivity index (χ2n) is 6.90. The molecular weight excluding hydrogens is 376 g/mol. The van der Waals surface area contributed by atoms with Crippen molar-refractivity contribution < 1.29 is 18.7 Å². The largest absolute Gasteiger partial charge is 0.462 e. The lowest BCUT2D eigenvalue weighted by atomic mass is 10.2. The topological polar surface area (TPSA) is 110 Å². The first kappa shape index (κ1) is 20.4. The van der Waals surface area contributed by atoms with Gasteiger partial charge < -0.3 is 24.4 Å². The number of carbonyl (C=O) groups excluding carboxylic acids is 2. The van der Waals surface area contributed by atoms with Crippen molar-refractivity contribution in [3.8, 4) is 0 Å². The zero-order valence-corrected chi connectivity index (χ0v) is 16.9. The van der Waals surface area contributed by atoms with Crippen LogP contribution in [0.25, 0.3) is 11.1 Å². The number of oxazole rings is 1. The number of nitrogens with zero attached hydrogens (tertiary/aromatic N) is 2. The van der Waals surface area contributed by atoms with Crippen LogP contribution in [0.1, 0.15) is 33.5 Å². The van der Waals surface area contributed by atoms with Gasteiger partial charge in [-0.15, -0.1) is 0 Å². The number of esters is 1. The number of hydrogen-bond acceptors (Lipinski definition) is 6. The molecule has 0 aliphatic rings. The zero-order valence-electron chi connectivity index (χ0n) is 16.9. The minimum Gasteiger partial charge on any atom is -0.462 e. The van der Waals surface area contributed by atoms with Crippen LogP contribution in [-0.2, 0) is 11.3 Å². The Balaban J connectivity index is 1.83. The van der Waals surface area contributed by atoms with E-state index in [0.717, 1.165) is 0 Å². The third-order valence-electron chi connectivity index (χ3n) is 4.45. The molecule has 154 valence electrons. The maximum atomic E-state index is 12.6. The lowest BCUT2D eigenvalue weighted by Gasteiger charge is -2.09. The van der Waals surface area contributed by atoms with E-state index < -0.39 is 17.6 Å². The maximum Gasteiger partial charge on any atom is 0.419 e. The average Bonchev–Trinajstić information content (AvgIpc) is 3.19. The Morgan fingerprint density at radius 3 is 2.72 bits per heavy atom. The van der Waals surface area contributed by atoms with Crippen LogP contribution in [0.3, 0.4) is 0 Å². The number of aromatic nitrogens is 2. The number of hydrogen-bond donors (Lipinski definition) is 2. The molecule has 0 radical (unpaired) electrons. The van der Waals surface area contributed by atoms with Crippen LogP contribution < -0.4 is 11.1 Å². The van der Waals surface area contributed by atoms with Gasteiger partial charge in [0.25, 0.3) is 5.91 Å². The van der Waals surface area contributed by atoms with Gasteiger partial charge in [0.2, 0.25) is 0 Å². The molecule has 0 saturated carbocycles. The fourth-order valence-corrected chi connectivity index (χ4v) is 2.95. The fraction of sp³-hybridized carbons (Fsp3) is 0.350. The predicted molar refractivity (Wildman–Crippen MR) is 108 cm³/mol. The number of carbonyl (C=O) groups is 2. The molecule has 1 amide bonds. The summed E-state index contributed by atoms with van der Waals surface area (Å²) in [5.74, 6) is -1.33. The molecule has 0 aliphatic heterocycles. The highest BCUT2D eigenvalue weighted by atomic mass is 16.5. The second kappa shape index (κ2) is 8.36. The van der Waals surface area contributed by atoms with Gasteiger partial charge in [-0.2, -0.15) is 0 Å². The van der Waals surface area contributed by atoms with Crippen LogP contribution in [0.15, 0.2) is 33.5 Å². The van der Waals surface area contributed by atoms with Crippen LogP contribution in [0, 0.1) is 6.92 Å². The minimum atomic E-state index is -0.481. The van der Waals surface area contributed by atoms with E-state index in [1.165, 1.54) is 10.6 Å². The van der Waals surface area contributed by atoms with Gasteiger partial charge in [0, 0.05) is 24.5 Å². The lowest BCUT2D eigenvalue weighted by molar-refractivity contribution is 0.0525. The summed E-state index contributed by atoms with van der Waals surface area (Å²) >= 11 is 0. The van der Waals surface area contributed by atoms with Crippen molar-refractivity contribution >= 4 is 28.7 Å². The molecule has 0 aliphatic carbocycles. The molecule has 29 heavy (non-hydrogen) atoms. The van der Waals surface area contributed by atoms with E-state index in [4.69, 9.17) is 9.15 Å². The van der Waals surface area contributed by atoms with Crippen molar-refractivity contribution in [2.45, 2.75) is 20.4 Å². The summed E-state index contributed by atoms with van der Waals surface area (Å²) in [6.07, 6.45) is 0. The Bertz CT molecular complexity index is 1110. The van der Waals surface area contributed by atoms with Gasteiger partial charge >= 0.3 is 11.7 Å². The Kier molecular flexibility index (Phi) is 5.88. The third-order valence-corrected chi connectivity index (χ3v) is 4.45. The van der Waals surface area contributed by atoms with Gasteiger partial charge in [0.1, 0.15) is 5.69 Å². The van der Waals surface area contributed by atoms with Crippen LogP contribution in [-0.4, -0.2) is 53.6 Å². The highest BCUT2D eigenvalue weighted by molar-refractivity contribution is 6.05. The van der Waals surface area contributed by atoms with Crippen LogP contribution in [0.2, 0.25) is 0 Å². The van der Waals surface area contributed by atoms with Crippen molar-refractivity contribution in [1.29, 1.82) is 0 Å². The average molecular weight is 400 g/mol. The Labute approximate surface area is 167 Å². The first-order valence-corrected chi connectivity index (χ1v) is 9.26. The molecule has 1 aromatic carbocycles. The number of amides is 1. The molecule has 0 bridgehead atoms. The van der Waals surface area contributed by atoms with E-state index >= 15 is 0 Å². The lowest BCUT2D eigenvalue weighted by Crippen LogP contribution is -2.23. The quantitative estimate of drug-likeness (QED) is 0.589. The molecule has 2 aromatic heterocycles. The minimum absolute atomic E-state index is 0.239. The van der Waals surface area contributed by atoms with Gasteiger partial charge in [-0.1, -0.05) is 0 Å². The van der Waals surface area contributed by atoms with E-state index in [0.29, 0.717) is 41.1 Å². The van der Waals surface area contributed by atoms with Crippen LogP contribution in [0.5, 0.6) is 0 Å². The molecule has 0 atom stereocenters. The number of likely N-dealkylation sites (N-methyl/N-ethyl adjacent to an activating group) is 1. The fourth-order valence-electron chi connectivity index (χ4n) is 2.95. The molecule has 3 aromatic rings. The molecular formula is C20H24N4O5. The van der Waals surface area contributed by atoms with Crippen molar-refractivity contribution in [3.05, 3.63) is 51.8 Å². The van der Waals surface area contributed by atoms with E-state index in [1.54, 1.807) is 32.0 Å². The number of fused-ring (bicyclic) bond motifs is 1. The second-order valence-corrected chi connectivity index (χ2v) is 6.90. The first-order valence-electron chi connectivity index (χ1n) is 9.26. The highest BCUT2D eigenvalue weighted by Crippen LogP contribution is 2.20. The van der Waals surface area contributed by atoms with Gasteiger partial charge in [0.15, 0.2) is 5.58 Å². The summed E-state index contributed by atoms with van der Waals surface area (Å²) in [5, 5.41) is 2.77. The summed E-state index contributed by atoms with van der Waals surface area (Å²) in [5.41, 5.74) is 2.67. The Hall–Kier alpha value is -3.33. The first-order chi connectivity index (χ1) is 13.8. The predicted octanol–water partition coefficient (Wildman–Crippen LogP) is 2.22. The van der Waals surface area contributed by atoms with E-state index in [2.05, 4.69) is 10.3 Å². The molecule has 9 heteroatoms. The smallest absolute Gasteiger partial charge is 0.419 e. The Morgan fingerprint density at radius 1 is 1.28 bits per heavy atom. The summed E-state index contributed by atoms with van der Waals surface area (Å²) in [7, 11) is 3.84. The third kappa shape index (κ3) is 4.40. The number of H-pyrrole nitrogens is 1. The monoisotopic (exact) mass is 400 g/mol. The zero-order chi connectivity index (χ0) is 21.1. The highest BCUT2D eigenvalue weighted by Gasteiger charge is 2.18. The molecule has 9 nitrogen and oxygen atoms in total. The van der Waals surface area contributed by atoms with Crippen molar-refractivity contribution in [1.82, 2.24) is 14.5 Å². The number of ether oxygens (including phenoxy) is 1. The Morgan fingerprint density at radius 2 is 2.03 bits per heavy atom. The van der Waals surface area contributed by atoms with Gasteiger partial charge in [0.05, 0.1) is 17.7 Å². The maximum absolute atomic E-state index is 12.6. The van der Waals surface area contributed by atoms with Gasteiger partial charge in [-0.3, -0.25) is 9.36 Å². The van der Waals surface area contributed by atoms with Crippen molar-refractivity contribution in [3.63, 3.8) is 0 Å². The number of rotatable bonds is 7. The number of nitrogens with one attached hydrogen (secondary N) is 2. The molecule has 3 rings (SSSR count). The normalized spacial score (nSPS) is 11.2. The van der Waals surface area contributed by atoms with Gasteiger partial charge in [-0.05, 0) is 52.2 Å². The number of benzene rings is 1. The van der Waals surface area contributed by atoms with Crippen molar-refractivity contribution in [2.75, 3.05) is 32.6 Å². The molecule has 0 spiro atoms. The van der Waals surface area contributed by atoms with Gasteiger partial charge in [-0.25, -0.2) is 9.59 Å². The van der Waals surface area contributed by atoms with Crippen molar-refractivity contribution in [2.24, 2.45) is 0 Å². The molecule has 0 fully saturated rings. The molecule has 0 unspecified atom stereocenters. The summed E-state index contributed by atoms with van der Waals surface area (Å²) in [4.78, 5) is 41.5. The summed E-state index contributed by atoms with van der Waals surface area (Å²) in [6.45, 7) is 4.81. The summed E-state index contributed by atoms with van der Waals surface area (Å²) in [6, 6.07) is 6.45. The molecule has 0 saturated heterocycles. The van der Waals surface area contributed by atoms with E-state index in [9.17, 15) is 14.4 Å². The van der Waals surface area contributed by atoms with E-state index in [1.807, 2.05) is 19.0 Å². The molecule has 2 N–H and O–H groups in total. The van der Waals surface area contributed by atoms with Crippen LogP contribution in [0.4, 0.5) is 5.69 Å². The van der Waals surface area contributed by atoms with Crippen LogP contribution >= 0.6 is 0 Å². The SMILES string of the molecule is CCOC(=O)c1cc(C(=O)Nc2ccc3oc(=O)n(CCN(C)C)c3c2)[nH]c1C. The standard InChI is InChI=1S/C20H24N4O5/c1-5-28-19(26)14-11-15(21-12(14)2)18(25)22-13-6-7-17-16(10-13)24(20(27)29-17)9-8-23(3)4/h6-7,10-11,21H,5,8-9H2,1-4H3,(H,22,25). The number of anilines is 1.